The number of hydrogen-bond donors (Lipinski definition) is 2. The largest absolute Gasteiger partial charge is 0.507 e. The van der Waals surface area contributed by atoms with E-state index in [-0.39, 0.29) is 11.7 Å². The van der Waals surface area contributed by atoms with Crippen molar-refractivity contribution >= 4 is 11.6 Å². The van der Waals surface area contributed by atoms with Crippen LogP contribution in [-0.2, 0) is 4.79 Å². The molecule has 0 bridgehead atoms. The van der Waals surface area contributed by atoms with Gasteiger partial charge in [0.25, 0.3) is 0 Å². The number of hydrazone groups is 1. The number of hydrogen-bond acceptors (Lipinski definition) is 3. The van der Waals surface area contributed by atoms with Crippen molar-refractivity contribution in [2.24, 2.45) is 5.10 Å². The van der Waals surface area contributed by atoms with Crippen LogP contribution in [0.1, 0.15) is 77.2 Å². The lowest BCUT2D eigenvalue weighted by Gasteiger charge is -2.07. The lowest BCUT2D eigenvalue weighted by molar-refractivity contribution is -0.121. The molecule has 1 aromatic carbocycles. The van der Waals surface area contributed by atoms with E-state index in [1.807, 2.05) is 13.0 Å². The van der Waals surface area contributed by atoms with Crippen molar-refractivity contribution in [1.29, 1.82) is 0 Å². The van der Waals surface area contributed by atoms with E-state index < -0.39 is 0 Å². The number of amides is 1. The van der Waals surface area contributed by atoms with Gasteiger partial charge in [0.15, 0.2) is 0 Å². The molecule has 4 nitrogen and oxygen atoms in total. The van der Waals surface area contributed by atoms with Crippen LogP contribution in [0.2, 0.25) is 0 Å². The molecule has 0 unspecified atom stereocenters. The fourth-order valence-electron chi connectivity index (χ4n) is 2.48. The second kappa shape index (κ2) is 11.7. The molecule has 0 aliphatic rings. The van der Waals surface area contributed by atoms with Gasteiger partial charge in [-0.05, 0) is 25.0 Å². The van der Waals surface area contributed by atoms with Gasteiger partial charge in [0.1, 0.15) is 5.75 Å². The topological polar surface area (TPSA) is 61.7 Å². The fourth-order valence-corrected chi connectivity index (χ4v) is 2.48. The normalized spacial score (nSPS) is 11.5. The first kappa shape index (κ1) is 19.2. The number of nitrogens with one attached hydrogen (secondary N) is 1. The second-order valence-corrected chi connectivity index (χ2v) is 5.84. The van der Waals surface area contributed by atoms with Gasteiger partial charge in [0, 0.05) is 12.0 Å². The van der Waals surface area contributed by atoms with Gasteiger partial charge in [-0.15, -0.1) is 0 Å². The van der Waals surface area contributed by atoms with Crippen molar-refractivity contribution < 1.29 is 9.90 Å². The minimum atomic E-state index is -0.0556. The molecule has 1 rings (SSSR count). The molecule has 0 aromatic heterocycles. The molecule has 0 aliphatic heterocycles. The number of carbonyl (C=O) groups excluding carboxylic acids is 1. The summed E-state index contributed by atoms with van der Waals surface area (Å²) >= 11 is 0. The highest BCUT2D eigenvalue weighted by molar-refractivity contribution is 6.03. The van der Waals surface area contributed by atoms with Crippen LogP contribution >= 0.6 is 0 Å². The molecule has 128 valence electrons. The molecular weight excluding hydrogens is 288 g/mol. The quantitative estimate of drug-likeness (QED) is 0.351. The van der Waals surface area contributed by atoms with Crippen molar-refractivity contribution in [3.63, 3.8) is 0 Å². The molecule has 1 amide bonds. The van der Waals surface area contributed by atoms with E-state index in [2.05, 4.69) is 17.5 Å². The Labute approximate surface area is 140 Å². The van der Waals surface area contributed by atoms with Gasteiger partial charge in [0.2, 0.25) is 5.91 Å². The average molecular weight is 318 g/mol. The van der Waals surface area contributed by atoms with E-state index >= 15 is 0 Å². The van der Waals surface area contributed by atoms with Crippen LogP contribution in [0.25, 0.3) is 0 Å². The van der Waals surface area contributed by atoms with Crippen molar-refractivity contribution in [2.45, 2.75) is 71.6 Å². The molecular formula is C19H30N2O2. The Morgan fingerprint density at radius 2 is 1.70 bits per heavy atom. The smallest absolute Gasteiger partial charge is 0.240 e. The first-order valence-electron chi connectivity index (χ1n) is 8.82. The zero-order chi connectivity index (χ0) is 16.9. The number of para-hydroxylation sites is 1. The maximum atomic E-state index is 11.8. The van der Waals surface area contributed by atoms with Crippen molar-refractivity contribution in [2.75, 3.05) is 0 Å². The molecule has 0 atom stereocenters. The highest BCUT2D eigenvalue weighted by atomic mass is 16.3. The number of phenolic OH excluding ortho intramolecular Hbond substituents is 1. The van der Waals surface area contributed by atoms with E-state index in [0.29, 0.717) is 24.1 Å². The zero-order valence-corrected chi connectivity index (χ0v) is 14.5. The summed E-state index contributed by atoms with van der Waals surface area (Å²) in [5.74, 6) is 0.134. The lowest BCUT2D eigenvalue weighted by atomic mass is 10.1. The maximum Gasteiger partial charge on any atom is 0.240 e. The third-order valence-electron chi connectivity index (χ3n) is 3.87. The standard InChI is InChI=1S/C19H30N2O2/c1-3-5-6-7-8-9-10-15-19(23)21-20-17(4-2)16-13-11-12-14-18(16)22/h11-14,22H,3-10,15H2,1-2H3,(H,21,23)/b20-17+. The Morgan fingerprint density at radius 1 is 1.04 bits per heavy atom. The number of benzene rings is 1. The molecule has 0 radical (unpaired) electrons. The van der Waals surface area contributed by atoms with E-state index in [9.17, 15) is 9.90 Å². The minimum Gasteiger partial charge on any atom is -0.507 e. The Morgan fingerprint density at radius 3 is 2.35 bits per heavy atom. The van der Waals surface area contributed by atoms with Gasteiger partial charge >= 0.3 is 0 Å². The average Bonchev–Trinajstić information content (AvgIpc) is 2.56. The lowest BCUT2D eigenvalue weighted by Crippen LogP contribution is -2.19. The molecule has 0 saturated carbocycles. The van der Waals surface area contributed by atoms with Crippen molar-refractivity contribution in [1.82, 2.24) is 5.43 Å². The van der Waals surface area contributed by atoms with Crippen LogP contribution in [0, 0.1) is 0 Å². The molecule has 0 saturated heterocycles. The SMILES string of the molecule is CCCCCCCCCC(=O)N/N=C(\CC)c1ccccc1O. The van der Waals surface area contributed by atoms with E-state index in [4.69, 9.17) is 0 Å². The van der Waals surface area contributed by atoms with Gasteiger partial charge < -0.3 is 5.11 Å². The van der Waals surface area contributed by atoms with Gasteiger partial charge in [-0.1, -0.05) is 64.5 Å². The third-order valence-corrected chi connectivity index (χ3v) is 3.87. The minimum absolute atomic E-state index is 0.0556. The maximum absolute atomic E-state index is 11.8. The number of rotatable bonds is 11. The molecule has 0 heterocycles. The second-order valence-electron chi connectivity index (χ2n) is 5.84. The van der Waals surface area contributed by atoms with Gasteiger partial charge in [-0.3, -0.25) is 4.79 Å². The summed E-state index contributed by atoms with van der Waals surface area (Å²) in [5.41, 5.74) is 3.97. The summed E-state index contributed by atoms with van der Waals surface area (Å²) < 4.78 is 0. The number of aromatic hydroxyl groups is 1. The molecule has 0 aliphatic carbocycles. The summed E-state index contributed by atoms with van der Waals surface area (Å²) in [4.78, 5) is 11.8. The Bertz CT molecular complexity index is 498. The molecule has 4 heteroatoms. The zero-order valence-electron chi connectivity index (χ0n) is 14.5. The van der Waals surface area contributed by atoms with Gasteiger partial charge in [0.05, 0.1) is 5.71 Å². The number of nitrogens with zero attached hydrogens (tertiary/aromatic N) is 1. The van der Waals surface area contributed by atoms with Crippen LogP contribution in [-0.4, -0.2) is 16.7 Å². The highest BCUT2D eigenvalue weighted by Crippen LogP contribution is 2.17. The molecule has 1 aromatic rings. The van der Waals surface area contributed by atoms with E-state index in [1.165, 1.54) is 32.1 Å². The predicted octanol–water partition coefficient (Wildman–Crippen LogP) is 4.76. The molecule has 0 spiro atoms. The molecule has 2 N–H and O–H groups in total. The van der Waals surface area contributed by atoms with E-state index in [1.54, 1.807) is 18.2 Å². The van der Waals surface area contributed by atoms with Crippen LogP contribution in [0.5, 0.6) is 5.75 Å². The number of unbranched alkanes of at least 4 members (excludes halogenated alkanes) is 6. The summed E-state index contributed by atoms with van der Waals surface area (Å²) in [6.07, 6.45) is 9.50. The van der Waals surface area contributed by atoms with Crippen LogP contribution in [0.15, 0.2) is 29.4 Å². The Kier molecular flexibility index (Phi) is 9.76. The predicted molar refractivity (Wildman–Crippen MR) is 95.7 cm³/mol. The van der Waals surface area contributed by atoms with Crippen LogP contribution in [0.4, 0.5) is 0 Å². The monoisotopic (exact) mass is 318 g/mol. The summed E-state index contributed by atoms with van der Waals surface area (Å²) in [5, 5.41) is 14.0. The molecule has 0 fully saturated rings. The number of carbonyl (C=O) groups is 1. The molecule has 23 heavy (non-hydrogen) atoms. The van der Waals surface area contributed by atoms with Crippen molar-refractivity contribution in [3.8, 4) is 5.75 Å². The van der Waals surface area contributed by atoms with Crippen molar-refractivity contribution in [3.05, 3.63) is 29.8 Å². The fraction of sp³-hybridized carbons (Fsp3) is 0.579. The van der Waals surface area contributed by atoms with Crippen LogP contribution < -0.4 is 5.43 Å². The van der Waals surface area contributed by atoms with Gasteiger partial charge in [-0.25, -0.2) is 5.43 Å². The third kappa shape index (κ3) is 7.82. The first-order chi connectivity index (χ1) is 11.2. The Hall–Kier alpha value is -1.84. The van der Waals surface area contributed by atoms with Crippen LogP contribution in [0.3, 0.4) is 0 Å². The highest BCUT2D eigenvalue weighted by Gasteiger charge is 2.07. The van der Waals surface area contributed by atoms with Gasteiger partial charge in [-0.2, -0.15) is 5.10 Å². The first-order valence-corrected chi connectivity index (χ1v) is 8.82. The summed E-state index contributed by atoms with van der Waals surface area (Å²) in [7, 11) is 0. The Balaban J connectivity index is 2.31. The van der Waals surface area contributed by atoms with E-state index in [0.717, 1.165) is 12.8 Å². The number of phenols is 1. The summed E-state index contributed by atoms with van der Waals surface area (Å²) in [6, 6.07) is 7.05. The summed E-state index contributed by atoms with van der Waals surface area (Å²) in [6.45, 7) is 4.17.